The van der Waals surface area contributed by atoms with E-state index < -0.39 is 6.10 Å². The number of aliphatic hydroxyl groups excluding tert-OH is 1. The number of fused-ring (bicyclic) bond motifs is 2. The van der Waals surface area contributed by atoms with Gasteiger partial charge in [-0.2, -0.15) is 0 Å². The van der Waals surface area contributed by atoms with Crippen molar-refractivity contribution < 1.29 is 14.7 Å². The van der Waals surface area contributed by atoms with Gasteiger partial charge in [0.2, 0.25) is 5.91 Å². The summed E-state index contributed by atoms with van der Waals surface area (Å²) in [5.41, 5.74) is 5.75. The highest BCUT2D eigenvalue weighted by Gasteiger charge is 2.29. The van der Waals surface area contributed by atoms with Gasteiger partial charge < -0.3 is 19.8 Å². The molecular weight excluding hydrogens is 452 g/mol. The molecule has 0 saturated carbocycles. The van der Waals surface area contributed by atoms with E-state index in [4.69, 9.17) is 0 Å². The SMILES string of the molecule is CC(=O)N(C)C1CCN(c2ccc3c(c2)CCN(CC(O)CN2CCc4ccccc4C2)C3=O)CC1. The smallest absolute Gasteiger partial charge is 0.254 e. The van der Waals surface area contributed by atoms with Crippen LogP contribution < -0.4 is 4.90 Å². The second kappa shape index (κ2) is 10.6. The van der Waals surface area contributed by atoms with Crippen molar-refractivity contribution >= 4 is 17.5 Å². The fourth-order valence-corrected chi connectivity index (χ4v) is 5.98. The predicted octanol–water partition coefficient (Wildman–Crippen LogP) is 2.55. The average Bonchev–Trinajstić information content (AvgIpc) is 2.89. The first-order chi connectivity index (χ1) is 17.4. The third-order valence-electron chi connectivity index (χ3n) is 8.24. The Bertz CT molecular complexity index is 1110. The highest BCUT2D eigenvalue weighted by molar-refractivity contribution is 5.97. The summed E-state index contributed by atoms with van der Waals surface area (Å²) in [4.78, 5) is 33.2. The molecule has 3 aliphatic rings. The fourth-order valence-electron chi connectivity index (χ4n) is 5.98. The summed E-state index contributed by atoms with van der Waals surface area (Å²) in [6, 6.07) is 15.0. The number of rotatable bonds is 6. The molecule has 1 saturated heterocycles. The van der Waals surface area contributed by atoms with Gasteiger partial charge in [0.15, 0.2) is 0 Å². The summed E-state index contributed by atoms with van der Waals surface area (Å²) in [7, 11) is 1.89. The van der Waals surface area contributed by atoms with Crippen LogP contribution in [-0.2, 0) is 24.2 Å². The molecule has 1 atom stereocenters. The molecule has 7 nitrogen and oxygen atoms in total. The van der Waals surface area contributed by atoms with Gasteiger partial charge in [-0.15, -0.1) is 0 Å². The molecule has 2 amide bonds. The average molecular weight is 491 g/mol. The van der Waals surface area contributed by atoms with Gasteiger partial charge in [0.05, 0.1) is 6.10 Å². The van der Waals surface area contributed by atoms with Crippen LogP contribution in [0.5, 0.6) is 0 Å². The number of piperidine rings is 1. The van der Waals surface area contributed by atoms with Crippen molar-refractivity contribution in [3.05, 3.63) is 64.7 Å². The van der Waals surface area contributed by atoms with Crippen molar-refractivity contribution in [3.8, 4) is 0 Å². The van der Waals surface area contributed by atoms with Gasteiger partial charge >= 0.3 is 0 Å². The number of hydrogen-bond donors (Lipinski definition) is 1. The van der Waals surface area contributed by atoms with Crippen molar-refractivity contribution in [2.24, 2.45) is 0 Å². The zero-order valence-electron chi connectivity index (χ0n) is 21.5. The molecule has 3 heterocycles. The van der Waals surface area contributed by atoms with Gasteiger partial charge in [0.25, 0.3) is 5.91 Å². The second-order valence-corrected chi connectivity index (χ2v) is 10.6. The van der Waals surface area contributed by atoms with E-state index in [9.17, 15) is 14.7 Å². The number of anilines is 1. The Balaban J connectivity index is 1.16. The quantitative estimate of drug-likeness (QED) is 0.674. The van der Waals surface area contributed by atoms with Gasteiger partial charge in [0.1, 0.15) is 0 Å². The van der Waals surface area contributed by atoms with Crippen LogP contribution in [-0.4, -0.2) is 90.1 Å². The maximum atomic E-state index is 13.2. The summed E-state index contributed by atoms with van der Waals surface area (Å²) < 4.78 is 0. The number of carbonyl (C=O) groups is 2. The Morgan fingerprint density at radius 3 is 2.47 bits per heavy atom. The zero-order chi connectivity index (χ0) is 25.2. The maximum absolute atomic E-state index is 13.2. The number of nitrogens with zero attached hydrogens (tertiary/aromatic N) is 4. The Labute approximate surface area is 214 Å². The maximum Gasteiger partial charge on any atom is 0.254 e. The van der Waals surface area contributed by atoms with Gasteiger partial charge in [-0.25, -0.2) is 0 Å². The molecule has 2 aromatic rings. The van der Waals surface area contributed by atoms with Crippen LogP contribution in [0.3, 0.4) is 0 Å². The first-order valence-electron chi connectivity index (χ1n) is 13.3. The molecule has 0 bridgehead atoms. The van der Waals surface area contributed by atoms with Crippen molar-refractivity contribution in [1.29, 1.82) is 0 Å². The Kier molecular flexibility index (Phi) is 7.30. The molecule has 2 aromatic carbocycles. The van der Waals surface area contributed by atoms with E-state index in [0.717, 1.165) is 68.7 Å². The highest BCUT2D eigenvalue weighted by Crippen LogP contribution is 2.28. The van der Waals surface area contributed by atoms with Crippen LogP contribution in [0.1, 0.15) is 46.8 Å². The molecule has 1 N–H and O–H groups in total. The van der Waals surface area contributed by atoms with Crippen molar-refractivity contribution in [2.75, 3.05) is 51.2 Å². The van der Waals surface area contributed by atoms with Gasteiger partial charge in [-0.05, 0) is 60.6 Å². The Morgan fingerprint density at radius 2 is 1.72 bits per heavy atom. The minimum absolute atomic E-state index is 0.0210. The lowest BCUT2D eigenvalue weighted by Crippen LogP contribution is -2.46. The third kappa shape index (κ3) is 5.27. The van der Waals surface area contributed by atoms with Crippen LogP contribution in [0.2, 0.25) is 0 Å². The molecule has 0 aliphatic carbocycles. The molecule has 5 rings (SSSR count). The highest BCUT2D eigenvalue weighted by atomic mass is 16.3. The Hall–Kier alpha value is -2.90. The van der Waals surface area contributed by atoms with Gasteiger partial charge in [-0.3, -0.25) is 14.5 Å². The topological polar surface area (TPSA) is 67.3 Å². The molecule has 192 valence electrons. The van der Waals surface area contributed by atoms with Crippen molar-refractivity contribution in [1.82, 2.24) is 14.7 Å². The summed E-state index contributed by atoms with van der Waals surface area (Å²) in [5.74, 6) is 0.143. The van der Waals surface area contributed by atoms with Crippen LogP contribution in [0.15, 0.2) is 42.5 Å². The number of benzene rings is 2. The van der Waals surface area contributed by atoms with Crippen LogP contribution in [0.4, 0.5) is 5.69 Å². The van der Waals surface area contributed by atoms with E-state index in [1.807, 2.05) is 22.9 Å². The first kappa shape index (κ1) is 24.8. The van der Waals surface area contributed by atoms with Crippen LogP contribution >= 0.6 is 0 Å². The van der Waals surface area contributed by atoms with E-state index in [0.29, 0.717) is 25.7 Å². The summed E-state index contributed by atoms with van der Waals surface area (Å²) in [6.45, 7) is 6.84. The lowest BCUT2D eigenvalue weighted by molar-refractivity contribution is -0.129. The Morgan fingerprint density at radius 1 is 1.00 bits per heavy atom. The summed E-state index contributed by atoms with van der Waals surface area (Å²) >= 11 is 0. The molecular formula is C29H38N4O3. The van der Waals surface area contributed by atoms with Crippen LogP contribution in [0, 0.1) is 0 Å². The molecule has 3 aliphatic heterocycles. The number of carbonyl (C=O) groups excluding carboxylic acids is 2. The van der Waals surface area contributed by atoms with E-state index in [1.54, 1.807) is 6.92 Å². The molecule has 0 radical (unpaired) electrons. The molecule has 0 aromatic heterocycles. The molecule has 1 fully saturated rings. The minimum atomic E-state index is -0.561. The number of amides is 2. The number of β-amino-alcohol motifs (C(OH)–C–C–N with tert-alkyl or cyclic N) is 1. The lowest BCUT2D eigenvalue weighted by atomic mass is 9.96. The summed E-state index contributed by atoms with van der Waals surface area (Å²) in [6.07, 6.45) is 3.17. The fraction of sp³-hybridized carbons (Fsp3) is 0.517. The predicted molar refractivity (Wildman–Crippen MR) is 141 cm³/mol. The van der Waals surface area contributed by atoms with E-state index in [2.05, 4.69) is 46.2 Å². The monoisotopic (exact) mass is 490 g/mol. The molecule has 36 heavy (non-hydrogen) atoms. The van der Waals surface area contributed by atoms with Gasteiger partial charge in [-0.1, -0.05) is 24.3 Å². The lowest BCUT2D eigenvalue weighted by Gasteiger charge is -2.38. The standard InChI is InChI=1S/C29H38N4O3/c1-21(34)30(2)25-11-15-32(16-12-25)26-7-8-28-23(17-26)10-14-33(29(28)36)20-27(35)19-31-13-9-22-5-3-4-6-24(22)18-31/h3-8,17,25,27,35H,9-16,18-20H2,1-2H3. The third-order valence-corrected chi connectivity index (χ3v) is 8.24. The molecule has 1 unspecified atom stereocenters. The number of aliphatic hydroxyl groups is 1. The van der Waals surface area contributed by atoms with Crippen molar-refractivity contribution in [3.63, 3.8) is 0 Å². The largest absolute Gasteiger partial charge is 0.390 e. The normalized spacial score (nSPS) is 19.6. The number of hydrogen-bond acceptors (Lipinski definition) is 5. The van der Waals surface area contributed by atoms with Gasteiger partial charge in [0, 0.05) is 77.1 Å². The zero-order valence-corrected chi connectivity index (χ0v) is 21.5. The van der Waals surface area contributed by atoms with E-state index in [1.165, 1.54) is 11.1 Å². The molecule has 0 spiro atoms. The van der Waals surface area contributed by atoms with E-state index in [-0.39, 0.29) is 11.8 Å². The van der Waals surface area contributed by atoms with E-state index >= 15 is 0 Å². The van der Waals surface area contributed by atoms with Crippen molar-refractivity contribution in [2.45, 2.75) is 51.3 Å². The second-order valence-electron chi connectivity index (χ2n) is 10.6. The van der Waals surface area contributed by atoms with Crippen LogP contribution in [0.25, 0.3) is 0 Å². The molecule has 7 heteroatoms. The minimum Gasteiger partial charge on any atom is -0.390 e. The summed E-state index contributed by atoms with van der Waals surface area (Å²) in [5, 5.41) is 10.8. The first-order valence-corrected chi connectivity index (χ1v) is 13.3.